The summed E-state index contributed by atoms with van der Waals surface area (Å²) in [7, 11) is 0. The average Bonchev–Trinajstić information content (AvgIpc) is 0. The Balaban J connectivity index is 0. The summed E-state index contributed by atoms with van der Waals surface area (Å²) in [6.07, 6.45) is 0. The third-order valence-corrected chi connectivity index (χ3v) is 0. The molecule has 0 nitrogen and oxygen atoms in total. The van der Waals surface area contributed by atoms with E-state index in [0.29, 0.717) is 0 Å². The fraction of sp³-hybridized carbons (Fsp3) is 0. The summed E-state index contributed by atoms with van der Waals surface area (Å²) in [4.78, 5) is 0. The second-order valence-corrected chi connectivity index (χ2v) is 0. The first-order valence-electron chi connectivity index (χ1n) is 0. The summed E-state index contributed by atoms with van der Waals surface area (Å²) in [5.41, 5.74) is 0. The minimum Gasteiger partial charge on any atom is 0 e. The molecule has 0 aromatic carbocycles. The monoisotopic (exact) mass is 316 g/mol. The summed E-state index contributed by atoms with van der Waals surface area (Å²) in [6, 6.07) is 0. The summed E-state index contributed by atoms with van der Waals surface area (Å²) >= 11 is 0. The van der Waals surface area contributed by atoms with Crippen molar-refractivity contribution in [3.63, 3.8) is 0 Å². The van der Waals surface area contributed by atoms with Crippen molar-refractivity contribution in [1.82, 2.24) is 0 Å². The number of hydrogen-bond donors (Lipinski definition) is 0. The van der Waals surface area contributed by atoms with Crippen LogP contribution < -0.4 is 0 Å². The summed E-state index contributed by atoms with van der Waals surface area (Å²) in [5.74, 6) is 0. The summed E-state index contributed by atoms with van der Waals surface area (Å²) < 4.78 is 0. The van der Waals surface area contributed by atoms with Gasteiger partial charge in [0, 0.05) is 174 Å². The molecule has 8 valence electrons. The molecule has 0 aliphatic heterocycles. The van der Waals surface area contributed by atoms with Crippen LogP contribution in [-0.2, 0) is 0 Å². The van der Waals surface area contributed by atoms with Gasteiger partial charge in [0.15, 0.2) is 0 Å². The van der Waals surface area contributed by atoms with Gasteiger partial charge in [0.25, 0.3) is 0 Å². The maximum Gasteiger partial charge on any atom is 0 e. The van der Waals surface area contributed by atoms with Crippen LogP contribution in [-0.4, -0.2) is 174 Å². The molecule has 0 saturated heterocycles. The Hall–Kier alpha value is 5.51. The maximum absolute atomic E-state index is 0. The molecule has 0 aliphatic carbocycles. The fourth-order valence-electron chi connectivity index (χ4n) is 0. The number of hydrogen-bond acceptors (Lipinski definition) is 0. The zero-order chi connectivity index (χ0) is 0. The molecule has 0 spiro atoms. The van der Waals surface area contributed by atoms with Crippen molar-refractivity contribution in [2.24, 2.45) is 0 Å². The molecule has 4 heteroatoms. The van der Waals surface area contributed by atoms with E-state index in [1.807, 2.05) is 0 Å². The Morgan fingerprint density at radius 1 is 1.00 bits per heavy atom. The topological polar surface area (TPSA) is 0 Å². The van der Waals surface area contributed by atoms with Gasteiger partial charge in [0.05, 0.1) is 0 Å². The molecule has 0 saturated carbocycles. The maximum atomic E-state index is 0. The van der Waals surface area contributed by atoms with Crippen LogP contribution in [0.25, 0.3) is 0 Å². The minimum atomic E-state index is 0. The van der Waals surface area contributed by atoms with Crippen molar-refractivity contribution < 1.29 is 0 Å². The first kappa shape index (κ1) is 22.7. The molecule has 0 atom stereocenters. The molecule has 0 unspecified atom stereocenters. The van der Waals surface area contributed by atoms with Gasteiger partial charge < -0.3 is 0 Å². The van der Waals surface area contributed by atoms with Crippen LogP contribution in [0.5, 0.6) is 0 Å². The summed E-state index contributed by atoms with van der Waals surface area (Å²) in [5, 5.41) is 0. The van der Waals surface area contributed by atoms with E-state index in [4.69, 9.17) is 0 Å². The SMILES string of the molecule is [Cs].[K].[Na].[Sb]. The van der Waals surface area contributed by atoms with E-state index in [0.717, 1.165) is 0 Å². The van der Waals surface area contributed by atoms with E-state index in [9.17, 15) is 0 Å². The van der Waals surface area contributed by atoms with Crippen molar-refractivity contribution in [2.75, 3.05) is 0 Å². The van der Waals surface area contributed by atoms with E-state index in [2.05, 4.69) is 0 Å². The van der Waals surface area contributed by atoms with E-state index in [1.165, 1.54) is 0 Å². The molecule has 0 bridgehead atoms. The van der Waals surface area contributed by atoms with Gasteiger partial charge >= 0.3 is 0 Å². The second kappa shape index (κ2) is 15.8. The quantitative estimate of drug-likeness (QED) is 0.476. The average molecular weight is 317 g/mol. The molecule has 0 fully saturated rings. The van der Waals surface area contributed by atoms with Gasteiger partial charge in [-0.25, -0.2) is 0 Å². The van der Waals surface area contributed by atoms with Gasteiger partial charge in [-0.1, -0.05) is 0 Å². The predicted octanol–water partition coefficient (Wildman–Crippen LogP) is -1.52. The van der Waals surface area contributed by atoms with Crippen molar-refractivity contribution in [1.29, 1.82) is 0 Å². The Morgan fingerprint density at radius 3 is 1.00 bits per heavy atom. The van der Waals surface area contributed by atoms with Crippen LogP contribution in [0.3, 0.4) is 0 Å². The molecule has 0 N–H and O–H groups in total. The Bertz CT molecular complexity index is 8.00. The standard InChI is InChI=1S/Cs.K.Na.Sb. The van der Waals surface area contributed by atoms with Gasteiger partial charge in [0.2, 0.25) is 0 Å². The van der Waals surface area contributed by atoms with E-state index >= 15 is 0 Å². The first-order valence-corrected chi connectivity index (χ1v) is 0. The van der Waals surface area contributed by atoms with Gasteiger partial charge in [-0.3, -0.25) is 0 Å². The van der Waals surface area contributed by atoms with Crippen LogP contribution in [0.1, 0.15) is 0 Å². The summed E-state index contributed by atoms with van der Waals surface area (Å²) in [6.45, 7) is 0. The molecule has 0 aromatic heterocycles. The zero-order valence-corrected chi connectivity index (χ0v) is 17.4. The molecule has 0 rings (SSSR count). The van der Waals surface area contributed by atoms with Gasteiger partial charge in [-0.15, -0.1) is 0 Å². The van der Waals surface area contributed by atoms with Crippen LogP contribution in [0.15, 0.2) is 0 Å². The largest absolute Gasteiger partial charge is 0 e. The fourth-order valence-corrected chi connectivity index (χ4v) is 0. The third-order valence-electron chi connectivity index (χ3n) is 0. The first-order chi connectivity index (χ1) is 0. The second-order valence-electron chi connectivity index (χ2n) is 0. The van der Waals surface area contributed by atoms with Gasteiger partial charge in [-0.05, 0) is 0 Å². The van der Waals surface area contributed by atoms with Crippen molar-refractivity contribution >= 4 is 174 Å². The van der Waals surface area contributed by atoms with E-state index < -0.39 is 0 Å². The smallest absolute Gasteiger partial charge is 0 e. The molecular weight excluding hydrogens is 317 g/mol. The van der Waals surface area contributed by atoms with Crippen LogP contribution in [0.2, 0.25) is 0 Å². The molecule has 6 radical (unpaired) electrons. The van der Waals surface area contributed by atoms with Crippen molar-refractivity contribution in [2.45, 2.75) is 0 Å². The van der Waals surface area contributed by atoms with Crippen LogP contribution in [0.4, 0.5) is 0 Å². The zero-order valence-electron chi connectivity index (χ0n) is 3.45. The molecule has 0 amide bonds. The number of rotatable bonds is 0. The Kier molecular flexibility index (Phi) is 89.7. The van der Waals surface area contributed by atoms with Gasteiger partial charge in [0.1, 0.15) is 0 Å². The molecule has 0 aromatic rings. The predicted molar refractivity (Wildman–Crippen MR) is 23.0 cm³/mol. The Morgan fingerprint density at radius 2 is 1.00 bits per heavy atom. The van der Waals surface area contributed by atoms with E-state index in [-0.39, 0.29) is 174 Å². The van der Waals surface area contributed by atoms with Crippen molar-refractivity contribution in [3.8, 4) is 0 Å². The minimum absolute atomic E-state index is 0. The molecule has 4 heavy (non-hydrogen) atoms. The molecule has 0 aliphatic rings. The van der Waals surface area contributed by atoms with E-state index in [1.54, 1.807) is 0 Å². The van der Waals surface area contributed by atoms with Crippen LogP contribution >= 0.6 is 0 Å². The van der Waals surface area contributed by atoms with Crippen molar-refractivity contribution in [3.05, 3.63) is 0 Å². The third kappa shape index (κ3) is 10.5. The Labute approximate surface area is 168 Å². The molecular formula is CsKNaSb. The van der Waals surface area contributed by atoms with Crippen LogP contribution in [0, 0.1) is 0 Å². The molecule has 0 heterocycles. The normalized spacial score (nSPS) is 0. The van der Waals surface area contributed by atoms with Gasteiger partial charge in [-0.2, -0.15) is 0 Å².